The summed E-state index contributed by atoms with van der Waals surface area (Å²) in [6.45, 7) is 19.5. The van der Waals surface area contributed by atoms with Crippen LogP contribution in [0.15, 0.2) is 83.4 Å². The molecule has 1 N–H and O–H groups in total. The molecule has 1 aliphatic rings. The van der Waals surface area contributed by atoms with Crippen molar-refractivity contribution < 1.29 is 30.6 Å². The van der Waals surface area contributed by atoms with Crippen LogP contribution in [0.3, 0.4) is 0 Å². The first-order valence-corrected chi connectivity index (χ1v) is 17.5. The first-order valence-electron chi connectivity index (χ1n) is 17.5. The van der Waals surface area contributed by atoms with Gasteiger partial charge < -0.3 is 9.52 Å². The first kappa shape index (κ1) is 34.9. The van der Waals surface area contributed by atoms with Crippen LogP contribution in [0, 0.1) is 26.8 Å². The summed E-state index contributed by atoms with van der Waals surface area (Å²) in [6.07, 6.45) is 2.85. The molecule has 0 saturated carbocycles. The van der Waals surface area contributed by atoms with E-state index < -0.39 is 0 Å². The molecule has 1 aliphatic carbocycles. The van der Waals surface area contributed by atoms with Gasteiger partial charge in [-0.2, -0.15) is 0 Å². The third-order valence-electron chi connectivity index (χ3n) is 10.3. The summed E-state index contributed by atoms with van der Waals surface area (Å²) in [5, 5.41) is 12.8. The number of hydrogen-bond donors (Lipinski definition) is 1. The van der Waals surface area contributed by atoms with Crippen molar-refractivity contribution >= 4 is 22.0 Å². The quantitative estimate of drug-likeness (QED) is 0.180. The number of phenols is 1. The number of aromatic hydroxyl groups is 1. The van der Waals surface area contributed by atoms with Crippen LogP contribution in [0.5, 0.6) is 5.75 Å². The van der Waals surface area contributed by atoms with Crippen LogP contribution in [0.4, 0.5) is 0 Å². The Labute approximate surface area is 315 Å². The predicted molar refractivity (Wildman–Crippen MR) is 206 cm³/mol. The second-order valence-corrected chi connectivity index (χ2v) is 16.2. The maximum absolute atomic E-state index is 11.6. The number of hydrogen-bond acceptors (Lipinski definition) is 4. The second kappa shape index (κ2) is 12.3. The van der Waals surface area contributed by atoms with Crippen molar-refractivity contribution in [1.29, 1.82) is 0 Å². The van der Waals surface area contributed by atoms with E-state index in [1.54, 1.807) is 0 Å². The van der Waals surface area contributed by atoms with Crippen LogP contribution in [0.2, 0.25) is 0 Å². The average Bonchev–Trinajstić information content (AvgIpc) is 3.49. The van der Waals surface area contributed by atoms with Crippen molar-refractivity contribution in [2.45, 2.75) is 79.6 Å². The number of aryl methyl sites for hydroxylation is 3. The molecule has 5 heteroatoms. The van der Waals surface area contributed by atoms with Gasteiger partial charge in [-0.05, 0) is 95.2 Å². The fourth-order valence-corrected chi connectivity index (χ4v) is 7.84. The summed E-state index contributed by atoms with van der Waals surface area (Å²) in [7, 11) is 0. The van der Waals surface area contributed by atoms with Crippen molar-refractivity contribution in [2.75, 3.05) is 0 Å². The van der Waals surface area contributed by atoms with Gasteiger partial charge in [-0.15, -0.1) is 35.4 Å². The Balaban J connectivity index is 0.00000406. The maximum Gasteiger partial charge on any atom is 0.230 e. The van der Waals surface area contributed by atoms with Crippen LogP contribution in [-0.2, 0) is 38.3 Å². The topological polar surface area (TPSA) is 59.2 Å². The Morgan fingerprint density at radius 1 is 0.706 bits per heavy atom. The number of fused-ring (bicyclic) bond motifs is 3. The number of pyridine rings is 1. The van der Waals surface area contributed by atoms with Gasteiger partial charge in [0.15, 0.2) is 0 Å². The molecule has 5 aromatic carbocycles. The summed E-state index contributed by atoms with van der Waals surface area (Å²) in [4.78, 5) is 10.0. The Morgan fingerprint density at radius 2 is 1.41 bits per heavy atom. The zero-order valence-corrected chi connectivity index (χ0v) is 33.1. The van der Waals surface area contributed by atoms with Crippen LogP contribution in [0.1, 0.15) is 80.5 Å². The molecule has 8 rings (SSSR count). The zero-order chi connectivity index (χ0) is 35.3. The molecule has 0 unspecified atom stereocenters. The Morgan fingerprint density at radius 3 is 2.14 bits per heavy atom. The maximum atomic E-state index is 11.6. The van der Waals surface area contributed by atoms with Gasteiger partial charge in [-0.3, -0.25) is 4.98 Å². The van der Waals surface area contributed by atoms with Gasteiger partial charge >= 0.3 is 0 Å². The molecule has 51 heavy (non-hydrogen) atoms. The molecule has 2 aromatic heterocycles. The summed E-state index contributed by atoms with van der Waals surface area (Å²) >= 11 is 0. The van der Waals surface area contributed by atoms with Crippen molar-refractivity contribution in [3.05, 3.63) is 124 Å². The van der Waals surface area contributed by atoms with E-state index in [0.29, 0.717) is 17.0 Å². The van der Waals surface area contributed by atoms with E-state index in [1.165, 1.54) is 44.3 Å². The number of benzene rings is 5. The monoisotopic (exact) mass is 850 g/mol. The van der Waals surface area contributed by atoms with Crippen LogP contribution >= 0.6 is 0 Å². The standard InChI is InChI=1S/C46H43N2O2.Pt/c1-25-18-26(2)38-31(19-25)22-30-16-17-47-42-34(20-27(3)39(38)40(30)42)29-13-10-12-28(21-29)33-14-11-15-37-41(33)48-44(50-37)35-23-32(45(4,5)6)24-36(43(35)49)46(7,8)9;/h10-20,23-24,49H,22H2,1-9H3;/q-1;. The van der Waals surface area contributed by atoms with E-state index in [9.17, 15) is 5.11 Å². The fraction of sp³-hybridized carbons (Fsp3) is 0.261. The van der Waals surface area contributed by atoms with E-state index in [4.69, 9.17) is 14.4 Å². The molecule has 0 amide bonds. The number of para-hydroxylation sites is 1. The molecule has 0 aliphatic heterocycles. The Bertz CT molecular complexity index is 2530. The van der Waals surface area contributed by atoms with Gasteiger partial charge in [-0.25, -0.2) is 4.98 Å². The largest absolute Gasteiger partial charge is 0.507 e. The van der Waals surface area contributed by atoms with Crippen LogP contribution in [-0.4, -0.2) is 15.1 Å². The summed E-state index contributed by atoms with van der Waals surface area (Å²) in [6, 6.07) is 29.3. The summed E-state index contributed by atoms with van der Waals surface area (Å²) in [5.74, 6) is 0.623. The molecule has 0 bridgehead atoms. The number of phenolic OH excluding ortho intramolecular Hbond substituents is 1. The van der Waals surface area contributed by atoms with E-state index in [1.807, 2.05) is 24.4 Å². The minimum absolute atomic E-state index is 0. The summed E-state index contributed by atoms with van der Waals surface area (Å²) in [5.41, 5.74) is 17.8. The first-order chi connectivity index (χ1) is 23.7. The molecule has 0 spiro atoms. The minimum Gasteiger partial charge on any atom is -0.507 e. The van der Waals surface area contributed by atoms with Crippen molar-refractivity contribution in [2.24, 2.45) is 0 Å². The van der Waals surface area contributed by atoms with Crippen molar-refractivity contribution in [1.82, 2.24) is 9.97 Å². The molecule has 0 fully saturated rings. The van der Waals surface area contributed by atoms with Gasteiger partial charge in [0.2, 0.25) is 5.89 Å². The summed E-state index contributed by atoms with van der Waals surface area (Å²) < 4.78 is 6.42. The third kappa shape index (κ3) is 5.82. The van der Waals surface area contributed by atoms with Crippen molar-refractivity contribution in [3.8, 4) is 50.6 Å². The van der Waals surface area contributed by atoms with E-state index in [2.05, 4.69) is 123 Å². The van der Waals surface area contributed by atoms with Gasteiger partial charge in [0.05, 0.1) is 11.1 Å². The molecule has 0 radical (unpaired) electrons. The Kier molecular flexibility index (Phi) is 8.42. The minimum atomic E-state index is -0.261. The fourth-order valence-electron chi connectivity index (χ4n) is 7.84. The smallest absolute Gasteiger partial charge is 0.230 e. The molecule has 0 saturated heterocycles. The third-order valence-corrected chi connectivity index (χ3v) is 10.3. The zero-order valence-electron chi connectivity index (χ0n) is 30.8. The van der Waals surface area contributed by atoms with Gasteiger partial charge in [0.25, 0.3) is 0 Å². The molecule has 0 atom stereocenters. The normalized spacial score (nSPS) is 12.6. The number of oxazole rings is 1. The molecule has 4 nitrogen and oxygen atoms in total. The molecule has 260 valence electrons. The van der Waals surface area contributed by atoms with Crippen LogP contribution < -0.4 is 0 Å². The molecular formula is C46H43N2O2Pt-. The van der Waals surface area contributed by atoms with Crippen molar-refractivity contribution in [3.63, 3.8) is 0 Å². The van der Waals surface area contributed by atoms with E-state index >= 15 is 0 Å². The molecule has 7 aromatic rings. The van der Waals surface area contributed by atoms with Gasteiger partial charge in [0, 0.05) is 43.7 Å². The SMILES string of the molecule is Cc1cc(C)c2c(c1)Cc1ccnc3c(-c4[c-]c(-c5cccc6oc(-c7cc(C(C)(C)C)cc(C(C)(C)C)c7O)nc56)ccc4)cc(C)c-2c13.[Pt]. The number of rotatable bonds is 3. The second-order valence-electron chi connectivity index (χ2n) is 16.2. The number of nitrogens with zero attached hydrogens (tertiary/aromatic N) is 2. The van der Waals surface area contributed by atoms with Gasteiger partial charge in [-0.1, -0.05) is 94.6 Å². The molecule has 2 heterocycles. The Hall–Kier alpha value is -4.53. The predicted octanol–water partition coefficient (Wildman–Crippen LogP) is 12.0. The number of aromatic nitrogens is 2. The van der Waals surface area contributed by atoms with Gasteiger partial charge in [0.1, 0.15) is 11.3 Å². The van der Waals surface area contributed by atoms with E-state index in [0.717, 1.165) is 50.8 Å². The van der Waals surface area contributed by atoms with E-state index in [-0.39, 0.29) is 37.6 Å². The van der Waals surface area contributed by atoms with Crippen LogP contribution in [0.25, 0.3) is 66.8 Å². The molecular weight excluding hydrogens is 808 g/mol. The average molecular weight is 851 g/mol.